The zero-order valence-corrected chi connectivity index (χ0v) is 39.8. The Morgan fingerprint density at radius 3 is 1.96 bits per heavy atom. The summed E-state index contributed by atoms with van der Waals surface area (Å²) in [6.45, 7) is 6.63. The number of nitrogens with one attached hydrogen (secondary N) is 6. The average Bonchev–Trinajstić information content (AvgIpc) is 3.80. The molecule has 1 saturated heterocycles. The lowest BCUT2D eigenvalue weighted by Crippen LogP contribution is -2.60. The Morgan fingerprint density at radius 2 is 1.35 bits per heavy atom. The summed E-state index contributed by atoms with van der Waals surface area (Å²) in [6, 6.07) is 10.5. The van der Waals surface area contributed by atoms with Crippen LogP contribution in [0.4, 0.5) is 4.79 Å². The summed E-state index contributed by atoms with van der Waals surface area (Å²) in [7, 11) is 0. The molecule has 0 aromatic heterocycles. The van der Waals surface area contributed by atoms with Gasteiger partial charge in [-0.25, -0.2) is 4.79 Å². The Morgan fingerprint density at radius 1 is 0.750 bits per heavy atom. The first-order valence-electron chi connectivity index (χ1n) is 22.5. The van der Waals surface area contributed by atoms with E-state index in [1.54, 1.807) is 37.3 Å². The van der Waals surface area contributed by atoms with Gasteiger partial charge in [-0.05, 0) is 48.6 Å². The lowest BCUT2D eigenvalue weighted by atomic mass is 9.98. The van der Waals surface area contributed by atoms with Gasteiger partial charge in [0.25, 0.3) is 0 Å². The highest BCUT2D eigenvalue weighted by Crippen LogP contribution is 2.22. The van der Waals surface area contributed by atoms with Gasteiger partial charge in [0.15, 0.2) is 0 Å². The molecule has 372 valence electrons. The zero-order chi connectivity index (χ0) is 50.3. The fourth-order valence-corrected chi connectivity index (χ4v) is 8.02. The van der Waals surface area contributed by atoms with Crippen molar-refractivity contribution in [1.82, 2.24) is 36.8 Å². The lowest BCUT2D eigenvalue weighted by Gasteiger charge is -2.31. The highest BCUT2D eigenvalue weighted by atomic mass is 32.2. The molecule has 1 heterocycles. The summed E-state index contributed by atoms with van der Waals surface area (Å²) in [5.74, 6) is -7.24. The number of nitrogens with two attached hydrogens (primary N) is 3. The molecule has 10 amide bonds. The number of ether oxygens (including phenoxy) is 1. The van der Waals surface area contributed by atoms with Gasteiger partial charge in [-0.3, -0.25) is 48.5 Å². The van der Waals surface area contributed by atoms with Crippen molar-refractivity contribution in [3.8, 4) is 0 Å². The van der Waals surface area contributed by atoms with Crippen LogP contribution in [-0.4, -0.2) is 119 Å². The summed E-state index contributed by atoms with van der Waals surface area (Å²) in [5.41, 5.74) is 18.5. The second-order valence-corrected chi connectivity index (χ2v) is 18.0. The standard InChI is InChI=1S/C46H66N10O11S/c1-5-28(4)39(49)44(64)51-31(18-19-36(47)57)41(61)52-33(22-37(48)58)42(62)54-34(26-68-25-30-15-10-7-11-16-30)45(65)56-20-12-17-35(56)43(63)53-32(21-27(2)3)40(60)50-23-38(59)55-46(66)67-24-29-13-8-6-9-14-29/h6-11,13-16,27-28,31-35,39H,5,12,17-26,49H2,1-4H3,(H2,47,57)(H2,48,58)(H,50,60)(H,51,64)(H,52,61)(H,53,63)(H,54,62)(H,55,59,66)/t28-,31-,32-,33-,34-,35-,39-/m0/s1. The van der Waals surface area contributed by atoms with E-state index in [9.17, 15) is 47.9 Å². The first-order valence-corrected chi connectivity index (χ1v) is 23.7. The molecule has 7 atom stereocenters. The third-order valence-electron chi connectivity index (χ3n) is 11.0. The number of imide groups is 1. The maximum Gasteiger partial charge on any atom is 0.414 e. The molecule has 68 heavy (non-hydrogen) atoms. The number of carbonyl (C=O) groups excluding carboxylic acids is 10. The Labute approximate surface area is 400 Å². The van der Waals surface area contributed by atoms with Gasteiger partial charge < -0.3 is 53.4 Å². The number of primary amides is 2. The molecule has 0 unspecified atom stereocenters. The van der Waals surface area contributed by atoms with Gasteiger partial charge in [-0.2, -0.15) is 11.8 Å². The number of carbonyl (C=O) groups is 10. The van der Waals surface area contributed by atoms with Crippen LogP contribution in [0.1, 0.15) is 83.8 Å². The highest BCUT2D eigenvalue weighted by Gasteiger charge is 2.40. The van der Waals surface area contributed by atoms with Crippen LogP contribution in [0.15, 0.2) is 60.7 Å². The van der Waals surface area contributed by atoms with Crippen molar-refractivity contribution in [2.45, 2.75) is 121 Å². The minimum absolute atomic E-state index is 0.0212. The number of alkyl carbamates (subject to hydrolysis) is 1. The molecule has 1 fully saturated rings. The molecule has 3 rings (SSSR count). The van der Waals surface area contributed by atoms with Crippen molar-refractivity contribution >= 4 is 71.0 Å². The highest BCUT2D eigenvalue weighted by molar-refractivity contribution is 7.98. The summed E-state index contributed by atoms with van der Waals surface area (Å²) in [4.78, 5) is 133. The molecule has 0 spiro atoms. The van der Waals surface area contributed by atoms with E-state index in [2.05, 4.69) is 26.6 Å². The van der Waals surface area contributed by atoms with Gasteiger partial charge in [-0.1, -0.05) is 94.8 Å². The first-order chi connectivity index (χ1) is 32.3. The zero-order valence-electron chi connectivity index (χ0n) is 39.0. The van der Waals surface area contributed by atoms with Crippen LogP contribution in [0.25, 0.3) is 0 Å². The number of hydrogen-bond acceptors (Lipinski definition) is 13. The molecular formula is C46H66N10O11S. The van der Waals surface area contributed by atoms with E-state index in [1.165, 1.54) is 16.7 Å². The second-order valence-electron chi connectivity index (χ2n) is 17.0. The minimum atomic E-state index is -1.65. The van der Waals surface area contributed by atoms with Crippen LogP contribution in [0.2, 0.25) is 0 Å². The predicted molar refractivity (Wildman–Crippen MR) is 252 cm³/mol. The number of benzene rings is 2. The number of thioether (sulfide) groups is 1. The lowest BCUT2D eigenvalue weighted by molar-refractivity contribution is -0.142. The maximum absolute atomic E-state index is 14.5. The van der Waals surface area contributed by atoms with E-state index in [1.807, 2.05) is 56.4 Å². The number of nitrogens with zero attached hydrogens (tertiary/aromatic N) is 1. The molecule has 22 heteroatoms. The summed E-state index contributed by atoms with van der Waals surface area (Å²) < 4.78 is 5.05. The average molecular weight is 967 g/mol. The van der Waals surface area contributed by atoms with Crippen molar-refractivity contribution in [3.63, 3.8) is 0 Å². The summed E-state index contributed by atoms with van der Waals surface area (Å²) in [6.07, 6.45) is -1.01. The van der Waals surface area contributed by atoms with Crippen LogP contribution in [0.5, 0.6) is 0 Å². The number of hydrogen-bond donors (Lipinski definition) is 9. The Bertz CT molecular complexity index is 2060. The Kier molecular flexibility index (Phi) is 23.4. The molecule has 1 aliphatic rings. The number of rotatable bonds is 27. The van der Waals surface area contributed by atoms with E-state index < -0.39 is 108 Å². The fourth-order valence-electron chi connectivity index (χ4n) is 7.02. The van der Waals surface area contributed by atoms with E-state index in [-0.39, 0.29) is 56.4 Å². The predicted octanol–water partition coefficient (Wildman–Crippen LogP) is -0.0204. The maximum atomic E-state index is 14.5. The van der Waals surface area contributed by atoms with Gasteiger partial charge in [0.2, 0.25) is 53.2 Å². The van der Waals surface area contributed by atoms with Crippen LogP contribution < -0.4 is 49.1 Å². The normalized spacial score (nSPS) is 15.9. The molecule has 2 aromatic rings. The van der Waals surface area contributed by atoms with Gasteiger partial charge in [0.05, 0.1) is 19.0 Å². The molecule has 0 radical (unpaired) electrons. The summed E-state index contributed by atoms with van der Waals surface area (Å²) >= 11 is 1.30. The number of likely N-dealkylation sites (tertiary alicyclic amines) is 1. The Hall–Kier alpha value is -6.55. The topological polar surface area (TPSA) is 333 Å². The van der Waals surface area contributed by atoms with E-state index in [0.29, 0.717) is 24.2 Å². The van der Waals surface area contributed by atoms with Crippen LogP contribution in [-0.2, 0) is 60.2 Å². The first kappa shape index (κ1) is 55.8. The third kappa shape index (κ3) is 19.4. The van der Waals surface area contributed by atoms with Crippen LogP contribution in [0.3, 0.4) is 0 Å². The van der Waals surface area contributed by atoms with Crippen LogP contribution >= 0.6 is 11.8 Å². The van der Waals surface area contributed by atoms with Crippen LogP contribution in [0, 0.1) is 11.8 Å². The van der Waals surface area contributed by atoms with E-state index in [4.69, 9.17) is 21.9 Å². The Balaban J connectivity index is 1.78. The van der Waals surface area contributed by atoms with Gasteiger partial charge in [0, 0.05) is 24.5 Å². The quantitative estimate of drug-likeness (QED) is 0.0569. The minimum Gasteiger partial charge on any atom is -0.444 e. The molecular weight excluding hydrogens is 901 g/mol. The van der Waals surface area contributed by atoms with Gasteiger partial charge in [-0.15, -0.1) is 0 Å². The third-order valence-corrected chi connectivity index (χ3v) is 12.1. The molecule has 1 aliphatic heterocycles. The van der Waals surface area contributed by atoms with Crippen molar-refractivity contribution < 1.29 is 52.7 Å². The van der Waals surface area contributed by atoms with Crippen molar-refractivity contribution in [3.05, 3.63) is 71.8 Å². The van der Waals surface area contributed by atoms with Crippen molar-refractivity contribution in [1.29, 1.82) is 0 Å². The molecule has 0 aliphatic carbocycles. The van der Waals surface area contributed by atoms with Gasteiger partial charge in [0.1, 0.15) is 36.8 Å². The van der Waals surface area contributed by atoms with E-state index in [0.717, 1.165) is 5.56 Å². The largest absolute Gasteiger partial charge is 0.444 e. The molecule has 0 bridgehead atoms. The fraction of sp³-hybridized carbons (Fsp3) is 0.522. The monoisotopic (exact) mass is 966 g/mol. The second kappa shape index (κ2) is 28.6. The van der Waals surface area contributed by atoms with Crippen molar-refractivity contribution in [2.75, 3.05) is 18.8 Å². The molecule has 0 saturated carbocycles. The van der Waals surface area contributed by atoms with E-state index >= 15 is 0 Å². The smallest absolute Gasteiger partial charge is 0.414 e. The van der Waals surface area contributed by atoms with Gasteiger partial charge >= 0.3 is 6.09 Å². The SMILES string of the molecule is CC[C@H](C)[C@H](N)C(=O)N[C@@H](CCC(N)=O)C(=O)N[C@@H](CC(N)=O)C(=O)N[C@@H](CSCc1ccccc1)C(=O)N1CCC[C@H]1C(=O)N[C@@H](CC(C)C)C(=O)NCC(=O)NC(=O)OCc1ccccc1. The molecule has 21 nitrogen and oxygen atoms in total. The number of amides is 10. The summed E-state index contributed by atoms with van der Waals surface area (Å²) in [5, 5.41) is 14.8. The molecule has 12 N–H and O–H groups in total. The van der Waals surface area contributed by atoms with Crippen molar-refractivity contribution in [2.24, 2.45) is 29.0 Å². The molecule has 2 aromatic carbocycles.